The molecule has 21 heavy (non-hydrogen) atoms. The lowest BCUT2D eigenvalue weighted by atomic mass is 10.2. The van der Waals surface area contributed by atoms with Crippen LogP contribution in [0.3, 0.4) is 0 Å². The Labute approximate surface area is 134 Å². The first-order chi connectivity index (χ1) is 9.88. The minimum absolute atomic E-state index is 0.0613. The predicted octanol–water partition coefficient (Wildman–Crippen LogP) is 3.55. The smallest absolute Gasteiger partial charge is 0.352 e. The van der Waals surface area contributed by atoms with Gasteiger partial charge in [0.25, 0.3) is 0 Å². The number of amides is 1. The maximum absolute atomic E-state index is 12.0. The molecule has 0 aliphatic rings. The lowest BCUT2D eigenvalue weighted by Gasteiger charge is -2.11. The van der Waals surface area contributed by atoms with Crippen LogP contribution in [0, 0.1) is 6.92 Å². The fraction of sp³-hybridized carbons (Fsp3) is 0.143. The van der Waals surface area contributed by atoms with Crippen LogP contribution in [0.2, 0.25) is 5.02 Å². The number of carbonyl (C=O) groups is 2. The van der Waals surface area contributed by atoms with Crippen molar-refractivity contribution in [3.63, 3.8) is 0 Å². The van der Waals surface area contributed by atoms with Gasteiger partial charge in [0.2, 0.25) is 5.91 Å². The molecule has 5 nitrogen and oxygen atoms in total. The molecule has 0 saturated carbocycles. The lowest BCUT2D eigenvalue weighted by molar-refractivity contribution is -0.116. The number of hydrogen-bond donors (Lipinski definition) is 2. The number of carboxylic acids is 1. The molecule has 0 saturated heterocycles. The van der Waals surface area contributed by atoms with E-state index in [4.69, 9.17) is 16.7 Å². The minimum atomic E-state index is -1.08. The second kappa shape index (κ2) is 6.32. The molecular formula is C14H12BrClN2O3. The van der Waals surface area contributed by atoms with Crippen molar-refractivity contribution in [3.8, 4) is 0 Å². The van der Waals surface area contributed by atoms with Crippen LogP contribution < -0.4 is 5.32 Å². The van der Waals surface area contributed by atoms with Crippen LogP contribution in [-0.2, 0) is 11.3 Å². The van der Waals surface area contributed by atoms with Gasteiger partial charge in [-0.3, -0.25) is 4.79 Å². The van der Waals surface area contributed by atoms with Gasteiger partial charge in [-0.15, -0.1) is 0 Å². The average Bonchev–Trinajstić information content (AvgIpc) is 2.84. The molecule has 7 heteroatoms. The molecular weight excluding hydrogens is 360 g/mol. The third-order valence-electron chi connectivity index (χ3n) is 2.89. The first kappa shape index (κ1) is 15.6. The summed E-state index contributed by atoms with van der Waals surface area (Å²) in [4.78, 5) is 23.0. The molecule has 0 unspecified atom stereocenters. The van der Waals surface area contributed by atoms with E-state index in [0.29, 0.717) is 15.2 Å². The Balaban J connectivity index is 2.14. The zero-order valence-corrected chi connectivity index (χ0v) is 13.4. The third kappa shape index (κ3) is 3.65. The highest BCUT2D eigenvalue weighted by atomic mass is 79.9. The fourth-order valence-electron chi connectivity index (χ4n) is 1.83. The molecule has 0 bridgehead atoms. The molecule has 1 heterocycles. The van der Waals surface area contributed by atoms with Crippen LogP contribution in [0.4, 0.5) is 5.69 Å². The summed E-state index contributed by atoms with van der Waals surface area (Å²) in [5.41, 5.74) is 1.49. The largest absolute Gasteiger partial charge is 0.477 e. The van der Waals surface area contributed by atoms with E-state index in [-0.39, 0.29) is 18.1 Å². The standard InChI is InChI=1S/C14H12BrClN2O3/c1-8-5-9(15)11(6-10(8)16)17-13(19)7-18-4-2-3-12(18)14(20)21/h2-6H,7H2,1H3,(H,17,19)(H,20,21). The van der Waals surface area contributed by atoms with Crippen molar-refractivity contribution in [2.45, 2.75) is 13.5 Å². The molecule has 0 atom stereocenters. The number of halogens is 2. The Kier molecular flexibility index (Phi) is 4.69. The van der Waals surface area contributed by atoms with E-state index in [1.165, 1.54) is 10.6 Å². The van der Waals surface area contributed by atoms with E-state index >= 15 is 0 Å². The predicted molar refractivity (Wildman–Crippen MR) is 83.9 cm³/mol. The summed E-state index contributed by atoms with van der Waals surface area (Å²) in [7, 11) is 0. The van der Waals surface area contributed by atoms with Crippen LogP contribution in [0.1, 0.15) is 16.1 Å². The summed E-state index contributed by atoms with van der Waals surface area (Å²) in [6.45, 7) is 1.77. The number of carboxylic acid groups (broad SMARTS) is 1. The second-order valence-electron chi connectivity index (χ2n) is 4.46. The average molecular weight is 372 g/mol. The molecule has 0 fully saturated rings. The van der Waals surface area contributed by atoms with Crippen LogP contribution in [0.25, 0.3) is 0 Å². The molecule has 2 N–H and O–H groups in total. The fourth-order valence-corrected chi connectivity index (χ4v) is 2.55. The summed E-state index contributed by atoms with van der Waals surface area (Å²) >= 11 is 9.37. The number of carbonyl (C=O) groups excluding carboxylic acids is 1. The van der Waals surface area contributed by atoms with Crippen LogP contribution >= 0.6 is 27.5 Å². The van der Waals surface area contributed by atoms with E-state index in [1.807, 2.05) is 6.92 Å². The van der Waals surface area contributed by atoms with Gasteiger partial charge in [0.05, 0.1) is 5.69 Å². The Bertz CT molecular complexity index is 712. The quantitative estimate of drug-likeness (QED) is 0.863. The number of aryl methyl sites for hydroxylation is 1. The SMILES string of the molecule is Cc1cc(Br)c(NC(=O)Cn2cccc2C(=O)O)cc1Cl. The summed E-state index contributed by atoms with van der Waals surface area (Å²) in [6.07, 6.45) is 1.54. The first-order valence-corrected chi connectivity index (χ1v) is 7.19. The number of hydrogen-bond acceptors (Lipinski definition) is 2. The van der Waals surface area contributed by atoms with Crippen LogP contribution in [0.5, 0.6) is 0 Å². The Morgan fingerprint density at radius 2 is 2.14 bits per heavy atom. The highest BCUT2D eigenvalue weighted by Gasteiger charge is 2.13. The molecule has 0 spiro atoms. The number of nitrogens with one attached hydrogen (secondary N) is 1. The van der Waals surface area contributed by atoms with Crippen molar-refractivity contribution in [2.24, 2.45) is 0 Å². The molecule has 1 amide bonds. The Morgan fingerprint density at radius 1 is 1.43 bits per heavy atom. The van der Waals surface area contributed by atoms with E-state index in [2.05, 4.69) is 21.2 Å². The zero-order chi connectivity index (χ0) is 15.6. The molecule has 2 aromatic rings. The van der Waals surface area contributed by atoms with E-state index in [0.717, 1.165) is 5.56 Å². The van der Waals surface area contributed by atoms with Gasteiger partial charge in [0.15, 0.2) is 0 Å². The van der Waals surface area contributed by atoms with Crippen molar-refractivity contribution < 1.29 is 14.7 Å². The maximum atomic E-state index is 12.0. The van der Waals surface area contributed by atoms with Gasteiger partial charge in [0.1, 0.15) is 12.2 Å². The number of aromatic nitrogens is 1. The Hall–Kier alpha value is -1.79. The number of anilines is 1. The number of aromatic carboxylic acids is 1. The highest BCUT2D eigenvalue weighted by molar-refractivity contribution is 9.10. The summed E-state index contributed by atoms with van der Waals surface area (Å²) in [5.74, 6) is -1.42. The Morgan fingerprint density at radius 3 is 2.81 bits per heavy atom. The zero-order valence-electron chi connectivity index (χ0n) is 11.1. The number of rotatable bonds is 4. The molecule has 0 aliphatic heterocycles. The number of benzene rings is 1. The van der Waals surface area contributed by atoms with Crippen molar-refractivity contribution in [3.05, 3.63) is 51.2 Å². The summed E-state index contributed by atoms with van der Waals surface area (Å²) < 4.78 is 2.07. The normalized spacial score (nSPS) is 10.4. The minimum Gasteiger partial charge on any atom is -0.477 e. The van der Waals surface area contributed by atoms with Gasteiger partial charge < -0.3 is 15.0 Å². The summed E-state index contributed by atoms with van der Waals surface area (Å²) in [6, 6.07) is 6.46. The highest BCUT2D eigenvalue weighted by Crippen LogP contribution is 2.29. The topological polar surface area (TPSA) is 71.3 Å². The third-order valence-corrected chi connectivity index (χ3v) is 3.95. The molecule has 0 radical (unpaired) electrons. The molecule has 1 aromatic heterocycles. The molecule has 110 valence electrons. The van der Waals surface area contributed by atoms with Gasteiger partial charge in [-0.1, -0.05) is 11.6 Å². The van der Waals surface area contributed by atoms with Gasteiger partial charge in [-0.2, -0.15) is 0 Å². The van der Waals surface area contributed by atoms with Crippen LogP contribution in [0.15, 0.2) is 34.9 Å². The van der Waals surface area contributed by atoms with Gasteiger partial charge in [-0.25, -0.2) is 4.79 Å². The van der Waals surface area contributed by atoms with Crippen molar-refractivity contribution in [2.75, 3.05) is 5.32 Å². The van der Waals surface area contributed by atoms with Crippen molar-refractivity contribution in [1.82, 2.24) is 4.57 Å². The number of nitrogens with zero attached hydrogens (tertiary/aromatic N) is 1. The van der Waals surface area contributed by atoms with Crippen molar-refractivity contribution >= 4 is 45.1 Å². The van der Waals surface area contributed by atoms with Gasteiger partial charge >= 0.3 is 5.97 Å². The van der Waals surface area contributed by atoms with E-state index in [1.54, 1.807) is 24.4 Å². The van der Waals surface area contributed by atoms with E-state index < -0.39 is 5.97 Å². The lowest BCUT2D eigenvalue weighted by Crippen LogP contribution is -2.21. The van der Waals surface area contributed by atoms with Crippen molar-refractivity contribution in [1.29, 1.82) is 0 Å². The molecule has 0 aliphatic carbocycles. The maximum Gasteiger partial charge on any atom is 0.352 e. The molecule has 2 rings (SSSR count). The second-order valence-corrected chi connectivity index (χ2v) is 5.72. The van der Waals surface area contributed by atoms with Gasteiger partial charge in [0, 0.05) is 15.7 Å². The molecule has 1 aromatic carbocycles. The first-order valence-electron chi connectivity index (χ1n) is 6.02. The van der Waals surface area contributed by atoms with Gasteiger partial charge in [-0.05, 0) is 52.7 Å². The summed E-state index contributed by atoms with van der Waals surface area (Å²) in [5, 5.41) is 12.2. The van der Waals surface area contributed by atoms with Crippen LogP contribution in [-0.4, -0.2) is 21.6 Å². The van der Waals surface area contributed by atoms with E-state index in [9.17, 15) is 9.59 Å². The monoisotopic (exact) mass is 370 g/mol.